The topological polar surface area (TPSA) is 81.0 Å². The predicted molar refractivity (Wildman–Crippen MR) is 91.8 cm³/mol. The van der Waals surface area contributed by atoms with E-state index in [0.717, 1.165) is 19.5 Å². The van der Waals surface area contributed by atoms with Crippen molar-refractivity contribution in [1.29, 1.82) is 0 Å². The molecule has 9 bridgehead atoms. The van der Waals surface area contributed by atoms with Crippen molar-refractivity contribution in [1.82, 2.24) is 4.90 Å². The van der Waals surface area contributed by atoms with Crippen LogP contribution in [0, 0.1) is 45.8 Å². The van der Waals surface area contributed by atoms with Crippen molar-refractivity contribution in [3.05, 3.63) is 12.2 Å². The molecular weight excluding hydrogens is 330 g/mol. The average molecular weight is 357 g/mol. The molecule has 3 aliphatic heterocycles. The van der Waals surface area contributed by atoms with Gasteiger partial charge in [0.2, 0.25) is 0 Å². The van der Waals surface area contributed by atoms with Crippen molar-refractivity contribution in [2.75, 3.05) is 13.1 Å². The summed E-state index contributed by atoms with van der Waals surface area (Å²) in [4.78, 5) is 15.5. The molecule has 0 radical (unpaired) electrons. The van der Waals surface area contributed by atoms with Crippen molar-refractivity contribution in [3.8, 4) is 0 Å². The molecule has 3 heterocycles. The van der Waals surface area contributed by atoms with E-state index in [-0.39, 0.29) is 28.7 Å². The zero-order chi connectivity index (χ0) is 18.0. The first-order valence-electron chi connectivity index (χ1n) is 10.3. The lowest BCUT2D eigenvalue weighted by molar-refractivity contribution is -0.275. The van der Waals surface area contributed by atoms with Crippen LogP contribution < -0.4 is 0 Å². The lowest BCUT2D eigenvalue weighted by atomic mass is 9.35. The molecular formula is C21H27NO4. The highest BCUT2D eigenvalue weighted by molar-refractivity contribution is 5.82. The first-order chi connectivity index (χ1) is 12.3. The summed E-state index contributed by atoms with van der Waals surface area (Å²) in [6.07, 6.45) is 0.0689. The van der Waals surface area contributed by atoms with Crippen molar-refractivity contribution < 1.29 is 20.1 Å². The van der Waals surface area contributed by atoms with Crippen LogP contribution in [0.5, 0.6) is 0 Å². The van der Waals surface area contributed by atoms with Crippen molar-refractivity contribution >= 4 is 5.78 Å². The van der Waals surface area contributed by atoms with Crippen LogP contribution in [-0.2, 0) is 4.79 Å². The molecule has 5 nitrogen and oxygen atoms in total. The number of aliphatic hydroxyl groups excluding tert-OH is 3. The smallest absolute Gasteiger partial charge is 0.134 e. The van der Waals surface area contributed by atoms with Crippen LogP contribution in [-0.4, -0.2) is 63.4 Å². The quantitative estimate of drug-likeness (QED) is 0.540. The van der Waals surface area contributed by atoms with E-state index in [2.05, 4.69) is 18.4 Å². The van der Waals surface area contributed by atoms with E-state index < -0.39 is 29.6 Å². The molecule has 4 unspecified atom stereocenters. The Balaban J connectivity index is 1.58. The van der Waals surface area contributed by atoms with Gasteiger partial charge in [0, 0.05) is 60.6 Å². The highest BCUT2D eigenvalue weighted by Gasteiger charge is 2.88. The van der Waals surface area contributed by atoms with E-state index in [4.69, 9.17) is 0 Å². The first-order valence-corrected chi connectivity index (χ1v) is 10.3. The van der Waals surface area contributed by atoms with E-state index >= 15 is 0 Å². The van der Waals surface area contributed by atoms with Crippen LogP contribution in [0.2, 0.25) is 0 Å². The summed E-state index contributed by atoms with van der Waals surface area (Å²) in [7, 11) is 0. The Morgan fingerprint density at radius 1 is 1.12 bits per heavy atom. The molecule has 6 aliphatic carbocycles. The van der Waals surface area contributed by atoms with Gasteiger partial charge in [0.15, 0.2) is 0 Å². The van der Waals surface area contributed by atoms with E-state index in [1.54, 1.807) is 0 Å². The van der Waals surface area contributed by atoms with Crippen LogP contribution in [0.1, 0.15) is 26.2 Å². The van der Waals surface area contributed by atoms with Crippen molar-refractivity contribution in [2.45, 2.75) is 50.5 Å². The number of fused-ring (bicyclic) bond motifs is 1. The van der Waals surface area contributed by atoms with E-state index in [1.165, 1.54) is 0 Å². The van der Waals surface area contributed by atoms with Gasteiger partial charge in [-0.25, -0.2) is 0 Å². The van der Waals surface area contributed by atoms with Gasteiger partial charge in [-0.15, -0.1) is 0 Å². The van der Waals surface area contributed by atoms with Crippen LogP contribution in [0.15, 0.2) is 12.2 Å². The molecule has 3 saturated heterocycles. The Kier molecular flexibility index (Phi) is 2.26. The van der Waals surface area contributed by atoms with Crippen molar-refractivity contribution in [2.24, 2.45) is 45.8 Å². The summed E-state index contributed by atoms with van der Waals surface area (Å²) >= 11 is 0. The second-order valence-corrected chi connectivity index (χ2v) is 11.1. The third kappa shape index (κ3) is 1.12. The molecule has 0 aromatic heterocycles. The van der Waals surface area contributed by atoms with E-state index in [9.17, 15) is 20.1 Å². The summed E-state index contributed by atoms with van der Waals surface area (Å²) < 4.78 is 0. The molecule has 6 saturated carbocycles. The molecule has 0 amide bonds. The molecule has 9 fully saturated rings. The number of ketones is 1. The minimum absolute atomic E-state index is 0.0142. The van der Waals surface area contributed by atoms with Gasteiger partial charge in [-0.2, -0.15) is 0 Å². The lowest BCUT2D eigenvalue weighted by Crippen LogP contribution is -2.77. The highest BCUT2D eigenvalue weighted by Crippen LogP contribution is 2.84. The number of rotatable bonds is 0. The maximum absolute atomic E-state index is 12.9. The van der Waals surface area contributed by atoms with Crippen LogP contribution in [0.25, 0.3) is 0 Å². The zero-order valence-electron chi connectivity index (χ0n) is 15.1. The maximum Gasteiger partial charge on any atom is 0.134 e. The average Bonchev–Trinajstić information content (AvgIpc) is 2.59. The van der Waals surface area contributed by atoms with Gasteiger partial charge in [0.1, 0.15) is 5.78 Å². The number of carbonyl (C=O) groups is 1. The molecule has 9 aliphatic rings. The third-order valence-electron chi connectivity index (χ3n) is 10.4. The Bertz CT molecular complexity index is 797. The Hall–Kier alpha value is -0.750. The Morgan fingerprint density at radius 3 is 2.65 bits per heavy atom. The number of hydrogen-bond donors (Lipinski definition) is 3. The highest BCUT2D eigenvalue weighted by atomic mass is 16.3. The van der Waals surface area contributed by atoms with Crippen LogP contribution >= 0.6 is 0 Å². The molecule has 2 spiro atoms. The predicted octanol–water partition coefficient (Wildman–Crippen LogP) is 0.191. The fourth-order valence-corrected chi connectivity index (χ4v) is 10.8. The second kappa shape index (κ2) is 3.86. The van der Waals surface area contributed by atoms with Gasteiger partial charge in [-0.1, -0.05) is 13.5 Å². The summed E-state index contributed by atoms with van der Waals surface area (Å²) in [5.74, 6) is 0.659. The monoisotopic (exact) mass is 357 g/mol. The Labute approximate surface area is 153 Å². The largest absolute Gasteiger partial charge is 0.392 e. The zero-order valence-corrected chi connectivity index (χ0v) is 15.1. The normalized spacial score (nSPS) is 71.7. The standard InChI is InChI=1S/C21H27NO4/c1-8-11-13(24)12-17-21-5-10(23)4-19(2)7-22(17)6-9(15(19)21)3-20(12,18(8)26)16(21)14(11)25/h9,11-18,24-26H,1,3-7H2,2H3/t9-,11+,12+,13-,14-,15?,16?,17?,18-,19+,20+,21+/m1/s1. The van der Waals surface area contributed by atoms with E-state index in [1.807, 2.05) is 0 Å². The fraction of sp³-hybridized carbons (Fsp3) is 0.857. The summed E-state index contributed by atoms with van der Waals surface area (Å²) in [5.41, 5.74) is -0.137. The lowest BCUT2D eigenvalue weighted by Gasteiger charge is -2.73. The minimum atomic E-state index is -0.682. The van der Waals surface area contributed by atoms with Gasteiger partial charge in [0.25, 0.3) is 0 Å². The van der Waals surface area contributed by atoms with Gasteiger partial charge >= 0.3 is 0 Å². The fourth-order valence-electron chi connectivity index (χ4n) is 10.8. The number of nitrogens with zero attached hydrogens (tertiary/aromatic N) is 1. The first kappa shape index (κ1) is 15.2. The second-order valence-electron chi connectivity index (χ2n) is 11.1. The number of hydrogen-bond acceptors (Lipinski definition) is 5. The summed E-state index contributed by atoms with van der Waals surface area (Å²) in [6, 6.07) is 0.131. The summed E-state index contributed by atoms with van der Waals surface area (Å²) in [6.45, 7) is 8.33. The van der Waals surface area contributed by atoms with Gasteiger partial charge in [-0.05, 0) is 29.2 Å². The van der Waals surface area contributed by atoms with Gasteiger partial charge in [0.05, 0.1) is 18.3 Å². The maximum atomic E-state index is 12.9. The molecule has 5 heteroatoms. The molecule has 13 atom stereocenters. The number of aliphatic hydroxyl groups is 3. The number of carbonyl (C=O) groups excluding carboxylic acids is 1. The Morgan fingerprint density at radius 2 is 1.88 bits per heavy atom. The number of piperidine rings is 3. The van der Waals surface area contributed by atoms with Crippen molar-refractivity contribution in [3.63, 3.8) is 0 Å². The molecule has 3 N–H and O–H groups in total. The number of Topliss-reactive ketones (excluding diaryl/α,β-unsaturated/α-hetero) is 1. The van der Waals surface area contributed by atoms with Gasteiger partial charge < -0.3 is 15.3 Å². The van der Waals surface area contributed by atoms with Gasteiger partial charge in [-0.3, -0.25) is 9.69 Å². The molecule has 0 aromatic rings. The third-order valence-corrected chi connectivity index (χ3v) is 10.4. The summed E-state index contributed by atoms with van der Waals surface area (Å²) in [5, 5.41) is 34.1. The van der Waals surface area contributed by atoms with E-state index in [0.29, 0.717) is 36.0 Å². The molecule has 0 aromatic carbocycles. The minimum Gasteiger partial charge on any atom is -0.392 e. The SMILES string of the molecule is C=C1[C@H]2[C@@H](O)[C@H]3C4N5C[C@H]6C[C@]3(C([C@@H]2O)[C@@]42CC(=O)C[C@@](C)(C5)C62)[C@@H]1O. The molecule has 26 heavy (non-hydrogen) atoms. The van der Waals surface area contributed by atoms with Crippen LogP contribution in [0.3, 0.4) is 0 Å². The van der Waals surface area contributed by atoms with Crippen LogP contribution in [0.4, 0.5) is 0 Å². The molecule has 9 rings (SSSR count). The molecule has 140 valence electrons.